The summed E-state index contributed by atoms with van der Waals surface area (Å²) in [5.74, 6) is -0.239. The Morgan fingerprint density at radius 2 is 2.38 bits per heavy atom. The van der Waals surface area contributed by atoms with Crippen LogP contribution < -0.4 is 5.32 Å². The lowest BCUT2D eigenvalue weighted by molar-refractivity contribution is 0.0947. The molecule has 1 heterocycles. The number of carbonyl (C=O) groups excluding carboxylic acids is 1. The second-order valence-electron chi connectivity index (χ2n) is 3.01. The fourth-order valence-corrected chi connectivity index (χ4v) is 1.06. The van der Waals surface area contributed by atoms with Crippen LogP contribution in [-0.2, 0) is 0 Å². The first-order valence-corrected chi connectivity index (χ1v) is 4.89. The number of rotatable bonds is 6. The lowest BCUT2D eigenvalue weighted by atomic mass is 10.3. The maximum atomic E-state index is 11.4. The highest BCUT2D eigenvalue weighted by Crippen LogP contribution is 1.92. The van der Waals surface area contributed by atoms with E-state index in [1.165, 1.54) is 18.6 Å². The van der Waals surface area contributed by atoms with Crippen LogP contribution in [0.15, 0.2) is 23.7 Å². The molecule has 1 rings (SSSR count). The monoisotopic (exact) mass is 220 g/mol. The average molecular weight is 220 g/mol. The van der Waals surface area contributed by atoms with Gasteiger partial charge in [0.2, 0.25) is 0 Å². The molecular weight excluding hydrogens is 208 g/mol. The van der Waals surface area contributed by atoms with E-state index in [1.54, 1.807) is 0 Å². The molecule has 0 aliphatic carbocycles. The standard InChI is InChI=1S/C9H12N6O/c10-15-14-4-2-1-3-13-9(16)8-7-11-5-6-12-8/h5-7H,1-4H2,(H,13,16). The number of nitrogens with one attached hydrogen (secondary N) is 1. The molecule has 0 saturated heterocycles. The Bertz CT molecular complexity index is 373. The number of nitrogens with zero attached hydrogens (tertiary/aromatic N) is 5. The third-order valence-corrected chi connectivity index (χ3v) is 1.83. The van der Waals surface area contributed by atoms with Gasteiger partial charge in [-0.3, -0.25) is 9.78 Å². The summed E-state index contributed by atoms with van der Waals surface area (Å²) in [5.41, 5.74) is 8.34. The molecule has 84 valence electrons. The van der Waals surface area contributed by atoms with Gasteiger partial charge in [0.25, 0.3) is 5.91 Å². The predicted octanol–water partition coefficient (Wildman–Crippen LogP) is 1.30. The van der Waals surface area contributed by atoms with Crippen molar-refractivity contribution in [2.45, 2.75) is 12.8 Å². The van der Waals surface area contributed by atoms with E-state index in [-0.39, 0.29) is 5.91 Å². The topological polar surface area (TPSA) is 104 Å². The molecule has 1 aromatic heterocycles. The smallest absolute Gasteiger partial charge is 0.271 e. The third-order valence-electron chi connectivity index (χ3n) is 1.83. The van der Waals surface area contributed by atoms with Gasteiger partial charge in [-0.15, -0.1) is 0 Å². The molecule has 1 N–H and O–H groups in total. The molecule has 1 aromatic rings. The van der Waals surface area contributed by atoms with Crippen LogP contribution in [0.1, 0.15) is 23.3 Å². The fourth-order valence-electron chi connectivity index (χ4n) is 1.06. The van der Waals surface area contributed by atoms with Crippen molar-refractivity contribution in [1.82, 2.24) is 15.3 Å². The van der Waals surface area contributed by atoms with Crippen molar-refractivity contribution in [1.29, 1.82) is 0 Å². The van der Waals surface area contributed by atoms with Gasteiger partial charge in [-0.05, 0) is 18.4 Å². The molecule has 0 radical (unpaired) electrons. The molecule has 0 aliphatic rings. The minimum atomic E-state index is -0.239. The van der Waals surface area contributed by atoms with Crippen molar-refractivity contribution in [3.8, 4) is 0 Å². The minimum Gasteiger partial charge on any atom is -0.351 e. The molecule has 0 aliphatic heterocycles. The molecule has 16 heavy (non-hydrogen) atoms. The van der Waals surface area contributed by atoms with E-state index >= 15 is 0 Å². The van der Waals surface area contributed by atoms with E-state index in [4.69, 9.17) is 5.53 Å². The van der Waals surface area contributed by atoms with E-state index in [1.807, 2.05) is 0 Å². The molecule has 0 atom stereocenters. The summed E-state index contributed by atoms with van der Waals surface area (Å²) in [6.45, 7) is 0.994. The molecule has 0 bridgehead atoms. The van der Waals surface area contributed by atoms with Crippen LogP contribution in [0, 0.1) is 0 Å². The number of aromatic nitrogens is 2. The predicted molar refractivity (Wildman–Crippen MR) is 57.6 cm³/mol. The van der Waals surface area contributed by atoms with Crippen LogP contribution in [0.4, 0.5) is 0 Å². The van der Waals surface area contributed by atoms with Crippen molar-refractivity contribution in [2.24, 2.45) is 5.11 Å². The van der Waals surface area contributed by atoms with Gasteiger partial charge in [-0.1, -0.05) is 5.11 Å². The van der Waals surface area contributed by atoms with Crippen molar-refractivity contribution in [2.75, 3.05) is 13.1 Å². The van der Waals surface area contributed by atoms with E-state index < -0.39 is 0 Å². The summed E-state index contributed by atoms with van der Waals surface area (Å²) in [6.07, 6.45) is 5.92. The number of carbonyl (C=O) groups is 1. The summed E-state index contributed by atoms with van der Waals surface area (Å²) < 4.78 is 0. The molecular formula is C9H12N6O. The molecule has 0 saturated carbocycles. The molecule has 0 spiro atoms. The first-order valence-electron chi connectivity index (χ1n) is 4.89. The quantitative estimate of drug-likeness (QED) is 0.338. The van der Waals surface area contributed by atoms with Crippen LogP contribution in [0.25, 0.3) is 10.4 Å². The van der Waals surface area contributed by atoms with E-state index in [0.29, 0.717) is 18.8 Å². The Balaban J connectivity index is 2.18. The summed E-state index contributed by atoms with van der Waals surface area (Å²) in [7, 11) is 0. The fraction of sp³-hybridized carbons (Fsp3) is 0.444. The van der Waals surface area contributed by atoms with E-state index in [2.05, 4.69) is 25.3 Å². The lowest BCUT2D eigenvalue weighted by Crippen LogP contribution is -2.25. The molecule has 7 nitrogen and oxygen atoms in total. The van der Waals surface area contributed by atoms with Gasteiger partial charge < -0.3 is 5.32 Å². The summed E-state index contributed by atoms with van der Waals surface area (Å²) >= 11 is 0. The van der Waals surface area contributed by atoms with Gasteiger partial charge in [0.15, 0.2) is 0 Å². The second-order valence-corrected chi connectivity index (χ2v) is 3.01. The Morgan fingerprint density at radius 3 is 3.06 bits per heavy atom. The lowest BCUT2D eigenvalue weighted by Gasteiger charge is -2.02. The zero-order valence-electron chi connectivity index (χ0n) is 8.70. The highest BCUT2D eigenvalue weighted by atomic mass is 16.1. The van der Waals surface area contributed by atoms with E-state index in [0.717, 1.165) is 12.8 Å². The van der Waals surface area contributed by atoms with Crippen molar-refractivity contribution in [3.63, 3.8) is 0 Å². The Kier molecular flexibility index (Phi) is 5.36. The largest absolute Gasteiger partial charge is 0.351 e. The molecule has 7 heteroatoms. The van der Waals surface area contributed by atoms with Crippen LogP contribution >= 0.6 is 0 Å². The van der Waals surface area contributed by atoms with Gasteiger partial charge in [0.1, 0.15) is 5.69 Å². The zero-order chi connectivity index (χ0) is 11.6. The van der Waals surface area contributed by atoms with Crippen LogP contribution in [0.3, 0.4) is 0 Å². The van der Waals surface area contributed by atoms with Gasteiger partial charge in [0.05, 0.1) is 6.20 Å². The highest BCUT2D eigenvalue weighted by molar-refractivity contribution is 5.91. The number of hydrogen-bond donors (Lipinski definition) is 1. The van der Waals surface area contributed by atoms with Gasteiger partial charge in [-0.2, -0.15) is 0 Å². The number of hydrogen-bond acceptors (Lipinski definition) is 4. The van der Waals surface area contributed by atoms with Gasteiger partial charge in [0, 0.05) is 30.4 Å². The van der Waals surface area contributed by atoms with Crippen LogP contribution in [-0.4, -0.2) is 29.0 Å². The third kappa shape index (κ3) is 4.39. The Hall–Kier alpha value is -2.14. The normalized spacial score (nSPS) is 9.25. The number of azide groups is 1. The van der Waals surface area contributed by atoms with Crippen molar-refractivity contribution in [3.05, 3.63) is 34.7 Å². The summed E-state index contributed by atoms with van der Waals surface area (Å²) in [6, 6.07) is 0. The Labute approximate surface area is 92.5 Å². The number of amides is 1. The van der Waals surface area contributed by atoms with Crippen molar-refractivity contribution < 1.29 is 4.79 Å². The van der Waals surface area contributed by atoms with Gasteiger partial charge >= 0.3 is 0 Å². The highest BCUT2D eigenvalue weighted by Gasteiger charge is 2.04. The number of unbranched alkanes of at least 4 members (excludes halogenated alkanes) is 1. The zero-order valence-corrected chi connectivity index (χ0v) is 8.70. The van der Waals surface area contributed by atoms with Crippen LogP contribution in [0.2, 0.25) is 0 Å². The SMILES string of the molecule is [N-]=[N+]=NCCCCNC(=O)c1cnccn1. The maximum absolute atomic E-state index is 11.4. The summed E-state index contributed by atoms with van der Waals surface area (Å²) in [4.78, 5) is 21.7. The molecule has 0 fully saturated rings. The second kappa shape index (κ2) is 7.19. The van der Waals surface area contributed by atoms with E-state index in [9.17, 15) is 4.79 Å². The summed E-state index contributed by atoms with van der Waals surface area (Å²) in [5, 5.41) is 6.09. The van der Waals surface area contributed by atoms with Crippen molar-refractivity contribution >= 4 is 5.91 Å². The van der Waals surface area contributed by atoms with Gasteiger partial charge in [-0.25, -0.2) is 4.98 Å². The minimum absolute atomic E-state index is 0.239. The first-order chi connectivity index (χ1) is 7.84. The molecule has 0 aromatic carbocycles. The maximum Gasteiger partial charge on any atom is 0.271 e. The average Bonchev–Trinajstić information content (AvgIpc) is 2.34. The van der Waals surface area contributed by atoms with Crippen LogP contribution in [0.5, 0.6) is 0 Å². The first kappa shape index (κ1) is 11.9. The Morgan fingerprint density at radius 1 is 1.50 bits per heavy atom. The molecule has 0 unspecified atom stereocenters. The molecule has 1 amide bonds.